The molecule has 0 aromatic heterocycles. The molecule has 0 saturated heterocycles. The highest BCUT2D eigenvalue weighted by Crippen LogP contribution is 2.06. The van der Waals surface area contributed by atoms with Gasteiger partial charge in [0, 0.05) is 25.7 Å². The van der Waals surface area contributed by atoms with Crippen LogP contribution in [0.4, 0.5) is 0 Å². The minimum absolute atomic E-state index is 1.14. The zero-order chi connectivity index (χ0) is 7.11. The van der Waals surface area contributed by atoms with Gasteiger partial charge in [0.25, 0.3) is 0 Å². The van der Waals surface area contributed by atoms with Crippen LogP contribution >= 0.6 is 21.7 Å². The molecule has 0 rings (SSSR count). The van der Waals surface area contributed by atoms with Crippen LogP contribution in [0, 0.1) is 0 Å². The van der Waals surface area contributed by atoms with E-state index in [0.29, 0.717) is 0 Å². The number of hydrogen-bond donors (Lipinski definition) is 0. The Bertz CT molecular complexity index is 114. The van der Waals surface area contributed by atoms with E-state index >= 15 is 0 Å². The minimum atomic E-state index is 1.14. The minimum Gasteiger partial charge on any atom is -0.342 e. The van der Waals surface area contributed by atoms with Crippen LogP contribution in [0.2, 0.25) is 0 Å². The SMILES string of the molecule is CN=CN(C)/C=C/SCl. The standard InChI is InChI=1S/C5H9ClN2S/c1-7-5-8(2)3-4-9-6/h3-5H,1-2H3/b4-3+,7-5?. The second kappa shape index (κ2) is 5.98. The molecular weight excluding hydrogens is 156 g/mol. The van der Waals surface area contributed by atoms with Gasteiger partial charge in [-0.2, -0.15) is 0 Å². The van der Waals surface area contributed by atoms with Gasteiger partial charge in [-0.3, -0.25) is 4.99 Å². The first-order chi connectivity index (χ1) is 4.31. The molecule has 0 aliphatic carbocycles. The van der Waals surface area contributed by atoms with Crippen molar-refractivity contribution >= 4 is 28.0 Å². The molecule has 0 fully saturated rings. The van der Waals surface area contributed by atoms with Gasteiger partial charge in [0.05, 0.1) is 6.34 Å². The summed E-state index contributed by atoms with van der Waals surface area (Å²) < 4.78 is 0. The largest absolute Gasteiger partial charge is 0.342 e. The Labute approximate surface area is 64.1 Å². The van der Waals surface area contributed by atoms with Gasteiger partial charge in [-0.05, 0) is 21.7 Å². The zero-order valence-corrected chi connectivity index (χ0v) is 6.99. The highest BCUT2D eigenvalue weighted by atomic mass is 35.7. The highest BCUT2D eigenvalue weighted by molar-refractivity contribution is 8.23. The summed E-state index contributed by atoms with van der Waals surface area (Å²) in [6.07, 6.45) is 3.52. The van der Waals surface area contributed by atoms with E-state index < -0.39 is 0 Å². The molecule has 9 heavy (non-hydrogen) atoms. The molecule has 0 amide bonds. The summed E-state index contributed by atoms with van der Waals surface area (Å²) >= 11 is 0. The quantitative estimate of drug-likeness (QED) is 0.468. The molecule has 0 aromatic rings. The van der Waals surface area contributed by atoms with Crippen molar-refractivity contribution in [3.8, 4) is 0 Å². The monoisotopic (exact) mass is 164 g/mol. The Hall–Kier alpha value is -0.150. The lowest BCUT2D eigenvalue weighted by atomic mass is 10.8. The van der Waals surface area contributed by atoms with E-state index in [1.165, 1.54) is 0 Å². The van der Waals surface area contributed by atoms with Crippen LogP contribution in [0.15, 0.2) is 16.6 Å². The number of nitrogens with zero attached hydrogens (tertiary/aromatic N) is 2. The molecule has 0 radical (unpaired) electrons. The first-order valence-electron chi connectivity index (χ1n) is 2.39. The normalized spacial score (nSPS) is 11.4. The Morgan fingerprint density at radius 2 is 2.33 bits per heavy atom. The van der Waals surface area contributed by atoms with Crippen molar-refractivity contribution in [1.82, 2.24) is 4.90 Å². The molecule has 0 unspecified atom stereocenters. The predicted molar refractivity (Wildman–Crippen MR) is 44.8 cm³/mol. The van der Waals surface area contributed by atoms with Crippen molar-refractivity contribution in [2.45, 2.75) is 0 Å². The average molecular weight is 165 g/mol. The lowest BCUT2D eigenvalue weighted by Crippen LogP contribution is -2.05. The lowest BCUT2D eigenvalue weighted by molar-refractivity contribution is 0.711. The van der Waals surface area contributed by atoms with Crippen LogP contribution in [0.3, 0.4) is 0 Å². The third-order valence-corrected chi connectivity index (χ3v) is 1.18. The van der Waals surface area contributed by atoms with E-state index in [4.69, 9.17) is 10.7 Å². The third-order valence-electron chi connectivity index (χ3n) is 0.645. The second-order valence-electron chi connectivity index (χ2n) is 1.41. The van der Waals surface area contributed by atoms with Crippen molar-refractivity contribution in [3.05, 3.63) is 11.6 Å². The molecule has 4 heteroatoms. The molecule has 0 aliphatic rings. The van der Waals surface area contributed by atoms with Crippen LogP contribution in [-0.2, 0) is 0 Å². The third kappa shape index (κ3) is 5.73. The van der Waals surface area contributed by atoms with Gasteiger partial charge in [-0.1, -0.05) is 0 Å². The molecule has 52 valence electrons. The van der Waals surface area contributed by atoms with E-state index in [9.17, 15) is 0 Å². The average Bonchev–Trinajstić information content (AvgIpc) is 1.85. The van der Waals surface area contributed by atoms with Gasteiger partial charge < -0.3 is 4.90 Å². The number of rotatable bonds is 3. The van der Waals surface area contributed by atoms with Gasteiger partial charge in [0.2, 0.25) is 0 Å². The Kier molecular flexibility index (Phi) is 5.88. The smallest absolute Gasteiger partial charge is 0.0883 e. The van der Waals surface area contributed by atoms with Gasteiger partial charge in [-0.15, -0.1) is 0 Å². The molecule has 0 heterocycles. The Morgan fingerprint density at radius 3 is 2.78 bits per heavy atom. The van der Waals surface area contributed by atoms with Crippen molar-refractivity contribution in [2.75, 3.05) is 14.1 Å². The van der Waals surface area contributed by atoms with Crippen LogP contribution in [0.5, 0.6) is 0 Å². The molecule has 2 nitrogen and oxygen atoms in total. The van der Waals surface area contributed by atoms with Crippen molar-refractivity contribution < 1.29 is 0 Å². The number of aliphatic imine (C=N–C) groups is 1. The summed E-state index contributed by atoms with van der Waals surface area (Å²) in [5, 5.41) is 1.77. The summed E-state index contributed by atoms with van der Waals surface area (Å²) in [5.74, 6) is 0. The van der Waals surface area contributed by atoms with E-state index in [2.05, 4.69) is 4.99 Å². The Balaban J connectivity index is 3.48. The maximum absolute atomic E-state index is 5.30. The van der Waals surface area contributed by atoms with Crippen LogP contribution < -0.4 is 0 Å². The van der Waals surface area contributed by atoms with E-state index in [1.54, 1.807) is 18.8 Å². The molecule has 0 spiro atoms. The number of halogens is 1. The molecule has 0 atom stereocenters. The first-order valence-corrected chi connectivity index (χ1v) is 4.10. The lowest BCUT2D eigenvalue weighted by Gasteiger charge is -2.02. The fourth-order valence-corrected chi connectivity index (χ4v) is 0.716. The summed E-state index contributed by atoms with van der Waals surface area (Å²) in [6, 6.07) is 0. The van der Waals surface area contributed by atoms with Gasteiger partial charge in [-0.25, -0.2) is 0 Å². The topological polar surface area (TPSA) is 15.6 Å². The molecule has 0 saturated carbocycles. The van der Waals surface area contributed by atoms with Crippen molar-refractivity contribution in [2.24, 2.45) is 4.99 Å². The fourth-order valence-electron chi connectivity index (χ4n) is 0.340. The van der Waals surface area contributed by atoms with Crippen LogP contribution in [0.1, 0.15) is 0 Å². The second-order valence-corrected chi connectivity index (χ2v) is 2.40. The number of hydrogen-bond acceptors (Lipinski definition) is 2. The van der Waals surface area contributed by atoms with Crippen LogP contribution in [0.25, 0.3) is 0 Å². The van der Waals surface area contributed by atoms with Gasteiger partial charge in [0.1, 0.15) is 0 Å². The predicted octanol–water partition coefficient (Wildman–Crippen LogP) is 1.93. The summed E-state index contributed by atoms with van der Waals surface area (Å²) in [6.45, 7) is 0. The summed E-state index contributed by atoms with van der Waals surface area (Å²) in [4.78, 5) is 5.60. The molecular formula is C5H9ClN2S. The molecule has 0 aliphatic heterocycles. The van der Waals surface area contributed by atoms with Gasteiger partial charge >= 0.3 is 0 Å². The van der Waals surface area contributed by atoms with E-state index in [0.717, 1.165) is 11.0 Å². The maximum Gasteiger partial charge on any atom is 0.0883 e. The van der Waals surface area contributed by atoms with E-state index in [1.807, 2.05) is 18.1 Å². The van der Waals surface area contributed by atoms with Crippen LogP contribution in [-0.4, -0.2) is 25.3 Å². The first kappa shape index (κ1) is 8.85. The molecule has 0 bridgehead atoms. The molecule has 0 aromatic carbocycles. The summed E-state index contributed by atoms with van der Waals surface area (Å²) in [5.41, 5.74) is 0. The summed E-state index contributed by atoms with van der Waals surface area (Å²) in [7, 11) is 10.1. The fraction of sp³-hybridized carbons (Fsp3) is 0.400. The van der Waals surface area contributed by atoms with E-state index in [-0.39, 0.29) is 0 Å². The van der Waals surface area contributed by atoms with Gasteiger partial charge in [0.15, 0.2) is 0 Å². The Morgan fingerprint density at radius 1 is 1.67 bits per heavy atom. The maximum atomic E-state index is 5.30. The van der Waals surface area contributed by atoms with Crippen molar-refractivity contribution in [1.29, 1.82) is 0 Å². The highest BCUT2D eigenvalue weighted by Gasteiger charge is 1.78. The van der Waals surface area contributed by atoms with Crippen molar-refractivity contribution in [3.63, 3.8) is 0 Å². The molecule has 0 N–H and O–H groups in total. The zero-order valence-electron chi connectivity index (χ0n) is 5.41.